The van der Waals surface area contributed by atoms with E-state index in [-0.39, 0.29) is 16.9 Å². The number of nitrogens with zero attached hydrogens (tertiary/aromatic N) is 3. The Bertz CT molecular complexity index is 1170. The number of imidazole rings is 1. The Balaban J connectivity index is 1.45. The molecular weight excluding hydrogens is 474 g/mol. The molecule has 0 spiro atoms. The maximum atomic E-state index is 12.1. The van der Waals surface area contributed by atoms with Crippen LogP contribution in [0.4, 0.5) is 0 Å². The minimum absolute atomic E-state index is 0.0460. The van der Waals surface area contributed by atoms with Crippen molar-refractivity contribution in [1.82, 2.24) is 14.0 Å². The van der Waals surface area contributed by atoms with Crippen molar-refractivity contribution in [2.75, 3.05) is 13.2 Å². The lowest BCUT2D eigenvalue weighted by atomic mass is 9.96. The number of aromatic hydroxyl groups is 1. The van der Waals surface area contributed by atoms with Crippen LogP contribution in [0, 0.1) is 12.8 Å². The molecular formula is C29H40ClN3O3. The Morgan fingerprint density at radius 1 is 1.28 bits per heavy atom. The van der Waals surface area contributed by atoms with Gasteiger partial charge in [-0.3, -0.25) is 14.0 Å². The second-order valence-corrected chi connectivity index (χ2v) is 10.8. The summed E-state index contributed by atoms with van der Waals surface area (Å²) in [6.07, 6.45) is 11.5. The van der Waals surface area contributed by atoms with Crippen LogP contribution in [0.25, 0.3) is 0 Å². The van der Waals surface area contributed by atoms with Gasteiger partial charge in [0.1, 0.15) is 12.4 Å². The maximum absolute atomic E-state index is 12.1. The number of alkyl halides is 1. The second kappa shape index (κ2) is 11.7. The van der Waals surface area contributed by atoms with Crippen LogP contribution in [0.2, 0.25) is 0 Å². The fourth-order valence-corrected chi connectivity index (χ4v) is 5.88. The van der Waals surface area contributed by atoms with Gasteiger partial charge >= 0.3 is 5.69 Å². The van der Waals surface area contributed by atoms with Gasteiger partial charge in [-0.05, 0) is 54.9 Å². The van der Waals surface area contributed by atoms with Crippen molar-refractivity contribution in [2.45, 2.75) is 77.4 Å². The summed E-state index contributed by atoms with van der Waals surface area (Å²) >= 11 is 6.41. The topological polar surface area (TPSA) is 59.6 Å². The summed E-state index contributed by atoms with van der Waals surface area (Å²) in [5.41, 5.74) is 5.15. The third kappa shape index (κ3) is 5.92. The molecule has 0 amide bonds. The standard InChI is InChI=1S/C29H40ClN3O3/c1-5-21(6-2)17-32(26-11-8-23-16-24(30)9-10-25(23)26)18-22-7-12-27(20(3)15-22)36-14-13-33-28(34)19-31(4)29(33)35/h7,9-10,12,15,19,21,24,26,34H,5-6,8,11,13-14,16-18H2,1-4H3. The van der Waals surface area contributed by atoms with Crippen LogP contribution in [0.3, 0.4) is 0 Å². The van der Waals surface area contributed by atoms with E-state index in [4.69, 9.17) is 16.3 Å². The zero-order chi connectivity index (χ0) is 25.8. The number of halogens is 1. The van der Waals surface area contributed by atoms with Crippen molar-refractivity contribution >= 4 is 11.6 Å². The second-order valence-electron chi connectivity index (χ2n) is 10.3. The first-order valence-corrected chi connectivity index (χ1v) is 13.7. The number of allylic oxidation sites excluding steroid dienone is 2. The molecule has 2 aliphatic carbocycles. The molecule has 1 N–H and O–H groups in total. The highest BCUT2D eigenvalue weighted by Gasteiger charge is 2.32. The van der Waals surface area contributed by atoms with Crippen LogP contribution in [-0.4, -0.2) is 43.7 Å². The number of aromatic nitrogens is 2. The molecule has 7 heteroatoms. The van der Waals surface area contributed by atoms with E-state index in [1.165, 1.54) is 45.7 Å². The minimum Gasteiger partial charge on any atom is -0.493 e. The van der Waals surface area contributed by atoms with E-state index in [9.17, 15) is 9.90 Å². The molecule has 0 saturated carbocycles. The molecule has 196 valence electrons. The molecule has 1 heterocycles. The van der Waals surface area contributed by atoms with Gasteiger partial charge in [0.15, 0.2) is 0 Å². The Kier molecular flexibility index (Phi) is 8.68. The van der Waals surface area contributed by atoms with Gasteiger partial charge in [0.05, 0.1) is 18.1 Å². The number of hydrogen-bond acceptors (Lipinski definition) is 4. The highest BCUT2D eigenvalue weighted by Crippen LogP contribution is 2.39. The highest BCUT2D eigenvalue weighted by molar-refractivity contribution is 6.22. The van der Waals surface area contributed by atoms with Gasteiger partial charge in [-0.1, -0.05) is 56.5 Å². The van der Waals surface area contributed by atoms with Crippen LogP contribution >= 0.6 is 11.6 Å². The largest absolute Gasteiger partial charge is 0.493 e. The average molecular weight is 514 g/mol. The number of rotatable bonds is 11. The molecule has 0 saturated heterocycles. The van der Waals surface area contributed by atoms with E-state index >= 15 is 0 Å². The molecule has 2 aromatic rings. The van der Waals surface area contributed by atoms with E-state index in [2.05, 4.69) is 50.0 Å². The summed E-state index contributed by atoms with van der Waals surface area (Å²) in [4.78, 5) is 14.8. The predicted octanol–water partition coefficient (Wildman–Crippen LogP) is 5.54. The van der Waals surface area contributed by atoms with Gasteiger partial charge in [-0.25, -0.2) is 4.79 Å². The molecule has 2 unspecified atom stereocenters. The fraction of sp³-hybridized carbons (Fsp3) is 0.552. The molecule has 0 radical (unpaired) electrons. The highest BCUT2D eigenvalue weighted by atomic mass is 35.5. The molecule has 4 rings (SSSR count). The first-order chi connectivity index (χ1) is 17.3. The molecule has 1 aromatic heterocycles. The van der Waals surface area contributed by atoms with E-state index in [1.54, 1.807) is 12.6 Å². The van der Waals surface area contributed by atoms with Gasteiger partial charge in [0.2, 0.25) is 5.88 Å². The predicted molar refractivity (Wildman–Crippen MR) is 146 cm³/mol. The Morgan fingerprint density at radius 2 is 2.06 bits per heavy atom. The summed E-state index contributed by atoms with van der Waals surface area (Å²) in [5.74, 6) is 1.45. The van der Waals surface area contributed by atoms with Crippen molar-refractivity contribution in [3.05, 3.63) is 69.3 Å². The molecule has 0 fully saturated rings. The molecule has 0 bridgehead atoms. The normalized spacial score (nSPS) is 19.5. The van der Waals surface area contributed by atoms with Crippen LogP contribution in [0.15, 0.2) is 52.5 Å². The van der Waals surface area contributed by atoms with Crippen molar-refractivity contribution in [1.29, 1.82) is 0 Å². The van der Waals surface area contributed by atoms with E-state index in [1.807, 2.05) is 6.07 Å². The third-order valence-electron chi connectivity index (χ3n) is 7.82. The quantitative estimate of drug-likeness (QED) is 0.400. The Morgan fingerprint density at radius 3 is 2.72 bits per heavy atom. The first kappa shape index (κ1) is 26.6. The Hall–Kier alpha value is -2.44. The van der Waals surface area contributed by atoms with Gasteiger partial charge in [-0.2, -0.15) is 0 Å². The van der Waals surface area contributed by atoms with Gasteiger partial charge in [-0.15, -0.1) is 11.6 Å². The average Bonchev–Trinajstić information content (AvgIpc) is 3.37. The summed E-state index contributed by atoms with van der Waals surface area (Å²) in [6, 6.07) is 6.86. The summed E-state index contributed by atoms with van der Waals surface area (Å²) in [6.45, 7) is 9.27. The monoisotopic (exact) mass is 513 g/mol. The SMILES string of the molecule is CCC(CC)CN(Cc1ccc(OCCn2c(O)cn(C)c2=O)c(C)c1)C1CCC2=C1C=CC(Cl)C2. The lowest BCUT2D eigenvalue weighted by molar-refractivity contribution is 0.174. The van der Waals surface area contributed by atoms with Crippen LogP contribution in [0.1, 0.15) is 57.1 Å². The first-order valence-electron chi connectivity index (χ1n) is 13.3. The minimum atomic E-state index is -0.250. The molecule has 1 aromatic carbocycles. The lowest BCUT2D eigenvalue weighted by Gasteiger charge is -2.34. The summed E-state index contributed by atoms with van der Waals surface area (Å²) < 4.78 is 8.66. The molecule has 2 atom stereocenters. The zero-order valence-corrected chi connectivity index (χ0v) is 22.8. The van der Waals surface area contributed by atoms with Gasteiger partial charge in [0.25, 0.3) is 0 Å². The van der Waals surface area contributed by atoms with Crippen LogP contribution in [0.5, 0.6) is 11.6 Å². The van der Waals surface area contributed by atoms with Crippen LogP contribution < -0.4 is 10.4 Å². The Labute approximate surface area is 219 Å². The number of benzene rings is 1. The van der Waals surface area contributed by atoms with E-state index in [0.717, 1.165) is 37.2 Å². The van der Waals surface area contributed by atoms with E-state index in [0.29, 0.717) is 25.1 Å². The molecule has 6 nitrogen and oxygen atoms in total. The summed E-state index contributed by atoms with van der Waals surface area (Å²) in [7, 11) is 1.62. The number of hydrogen-bond donors (Lipinski definition) is 1. The summed E-state index contributed by atoms with van der Waals surface area (Å²) in [5, 5.41) is 10.1. The van der Waals surface area contributed by atoms with Crippen molar-refractivity contribution in [2.24, 2.45) is 13.0 Å². The zero-order valence-electron chi connectivity index (χ0n) is 22.0. The number of aryl methyl sites for hydroxylation is 2. The maximum Gasteiger partial charge on any atom is 0.330 e. The molecule has 2 aliphatic rings. The smallest absolute Gasteiger partial charge is 0.330 e. The third-order valence-corrected chi connectivity index (χ3v) is 8.12. The lowest BCUT2D eigenvalue weighted by Crippen LogP contribution is -2.38. The van der Waals surface area contributed by atoms with E-state index < -0.39 is 0 Å². The molecule has 0 aliphatic heterocycles. The van der Waals surface area contributed by atoms with Crippen LogP contribution in [-0.2, 0) is 20.1 Å². The van der Waals surface area contributed by atoms with Crippen molar-refractivity contribution in [3.63, 3.8) is 0 Å². The van der Waals surface area contributed by atoms with Crippen molar-refractivity contribution in [3.8, 4) is 11.6 Å². The van der Waals surface area contributed by atoms with Gasteiger partial charge in [0, 0.05) is 26.2 Å². The fourth-order valence-electron chi connectivity index (χ4n) is 5.62. The molecule has 36 heavy (non-hydrogen) atoms. The van der Waals surface area contributed by atoms with Gasteiger partial charge < -0.3 is 9.84 Å². The number of ether oxygens (including phenoxy) is 1. The van der Waals surface area contributed by atoms with Crippen molar-refractivity contribution < 1.29 is 9.84 Å².